The first-order chi connectivity index (χ1) is 13.5. The molecule has 6 nitrogen and oxygen atoms in total. The number of aromatic nitrogens is 1. The molecule has 1 aromatic heterocycles. The molecule has 1 aliphatic carbocycles. The quantitative estimate of drug-likeness (QED) is 0.402. The lowest BCUT2D eigenvalue weighted by Gasteiger charge is -2.20. The Hall–Kier alpha value is -3.25. The minimum absolute atomic E-state index is 0.00684. The van der Waals surface area contributed by atoms with Crippen molar-refractivity contribution in [2.75, 3.05) is 11.9 Å². The minimum Gasteiger partial charge on any atom is -0.396 e. The van der Waals surface area contributed by atoms with E-state index in [0.29, 0.717) is 18.4 Å². The Balaban J connectivity index is 0.00000136. The summed E-state index contributed by atoms with van der Waals surface area (Å²) < 4.78 is 0. The molecule has 0 saturated carbocycles. The Bertz CT molecular complexity index is 877. The molecule has 1 aromatic carbocycles. The third kappa shape index (κ3) is 4.53. The molecule has 7 N–H and O–H groups in total. The molecule has 28 heavy (non-hydrogen) atoms. The highest BCUT2D eigenvalue weighted by Crippen LogP contribution is 2.38. The van der Waals surface area contributed by atoms with Gasteiger partial charge in [-0.2, -0.15) is 0 Å². The molecule has 1 unspecified atom stereocenters. The number of para-hydroxylation sites is 1. The van der Waals surface area contributed by atoms with E-state index >= 15 is 0 Å². The van der Waals surface area contributed by atoms with E-state index in [-0.39, 0.29) is 24.1 Å². The van der Waals surface area contributed by atoms with Gasteiger partial charge in [-0.05, 0) is 43.0 Å². The topological polar surface area (TPSA) is 117 Å². The van der Waals surface area contributed by atoms with E-state index in [1.807, 2.05) is 43.3 Å². The van der Waals surface area contributed by atoms with Crippen LogP contribution in [0.4, 0.5) is 11.4 Å². The predicted molar refractivity (Wildman–Crippen MR) is 115 cm³/mol. The van der Waals surface area contributed by atoms with Gasteiger partial charge in [0, 0.05) is 24.4 Å². The van der Waals surface area contributed by atoms with Crippen LogP contribution in [0.15, 0.2) is 61.5 Å². The monoisotopic (exact) mass is 380 g/mol. The Morgan fingerprint density at radius 2 is 1.96 bits per heavy atom. The number of ketones is 1. The summed E-state index contributed by atoms with van der Waals surface area (Å²) in [7, 11) is 0. The number of nitrogens with two attached hydrogens (primary N) is 2. The van der Waals surface area contributed by atoms with E-state index in [2.05, 4.69) is 23.5 Å². The number of hydrogen-bond donors (Lipinski definition) is 5. The number of carbonyl (C=O) groups excluding carboxylic acids is 1. The van der Waals surface area contributed by atoms with Gasteiger partial charge in [-0.3, -0.25) is 4.79 Å². The van der Waals surface area contributed by atoms with Crippen LogP contribution < -0.4 is 16.8 Å². The van der Waals surface area contributed by atoms with E-state index in [0.717, 1.165) is 28.3 Å². The standard InChI is InChI=1S/C20H24N4O2.C2H4/c1-2-13(10-17(21)22)19-20(23-14-6-4-3-5-7-14)18-15(24-19)8-12(11-25)9-16(18)26;1-2/h2-7,10,12,23-25H,8-9,11,21-22H2,1H3;1-2H2/b13-2+;. The van der Waals surface area contributed by atoms with Crippen LogP contribution in [0.2, 0.25) is 0 Å². The van der Waals surface area contributed by atoms with Crippen LogP contribution in [0.5, 0.6) is 0 Å². The molecule has 0 amide bonds. The van der Waals surface area contributed by atoms with E-state index in [9.17, 15) is 9.90 Å². The first kappa shape index (κ1) is 21.1. The van der Waals surface area contributed by atoms with Gasteiger partial charge in [0.15, 0.2) is 5.78 Å². The second kappa shape index (κ2) is 9.62. The van der Waals surface area contributed by atoms with Crippen LogP contribution in [0.1, 0.15) is 35.1 Å². The Morgan fingerprint density at radius 1 is 1.29 bits per heavy atom. The zero-order chi connectivity index (χ0) is 20.7. The van der Waals surface area contributed by atoms with Gasteiger partial charge in [-0.15, -0.1) is 13.2 Å². The van der Waals surface area contributed by atoms with Crippen LogP contribution in [0.3, 0.4) is 0 Å². The second-order valence-electron chi connectivity index (χ2n) is 6.49. The third-order valence-electron chi connectivity index (χ3n) is 4.55. The van der Waals surface area contributed by atoms with Gasteiger partial charge in [0.1, 0.15) is 0 Å². The number of hydrogen-bond acceptors (Lipinski definition) is 5. The number of aromatic amines is 1. The number of Topliss-reactive ketones (excluding diaryl/α,β-unsaturated/α-hetero) is 1. The van der Waals surface area contributed by atoms with Gasteiger partial charge in [-0.25, -0.2) is 0 Å². The van der Waals surface area contributed by atoms with Crippen molar-refractivity contribution < 1.29 is 9.90 Å². The third-order valence-corrected chi connectivity index (χ3v) is 4.55. The lowest BCUT2D eigenvalue weighted by atomic mass is 9.86. The fraction of sp³-hybridized carbons (Fsp3) is 0.227. The Kier molecular flexibility index (Phi) is 7.23. The van der Waals surface area contributed by atoms with Crippen molar-refractivity contribution in [3.8, 4) is 0 Å². The molecule has 1 heterocycles. The molecule has 0 bridgehead atoms. The summed E-state index contributed by atoms with van der Waals surface area (Å²) in [5, 5.41) is 12.8. The van der Waals surface area contributed by atoms with Crippen molar-refractivity contribution in [2.45, 2.75) is 19.8 Å². The van der Waals surface area contributed by atoms with Gasteiger partial charge in [0.05, 0.1) is 22.8 Å². The van der Waals surface area contributed by atoms with Crippen LogP contribution in [-0.4, -0.2) is 22.5 Å². The molecule has 2 aromatic rings. The number of carbonyl (C=O) groups is 1. The number of benzene rings is 1. The molecule has 3 rings (SSSR count). The normalized spacial score (nSPS) is 15.9. The number of fused-ring (bicyclic) bond motifs is 1. The predicted octanol–water partition coefficient (Wildman–Crippen LogP) is 3.46. The van der Waals surface area contributed by atoms with E-state index in [1.165, 1.54) is 0 Å². The SMILES string of the molecule is C/C=C(\C=C(N)N)c1[nH]c2c(c1Nc1ccccc1)C(=O)CC(CO)C2.C=C. The highest BCUT2D eigenvalue weighted by molar-refractivity contribution is 6.07. The van der Waals surface area contributed by atoms with Gasteiger partial charge >= 0.3 is 0 Å². The number of rotatable bonds is 5. The van der Waals surface area contributed by atoms with Gasteiger partial charge in [0.2, 0.25) is 0 Å². The number of aliphatic hydroxyl groups excluding tert-OH is 1. The van der Waals surface area contributed by atoms with Crippen molar-refractivity contribution in [3.05, 3.63) is 78.4 Å². The van der Waals surface area contributed by atoms with Gasteiger partial charge in [0.25, 0.3) is 0 Å². The van der Waals surface area contributed by atoms with Crippen molar-refractivity contribution in [1.82, 2.24) is 4.98 Å². The van der Waals surface area contributed by atoms with Crippen molar-refractivity contribution in [2.24, 2.45) is 17.4 Å². The fourth-order valence-electron chi connectivity index (χ4n) is 3.35. The lowest BCUT2D eigenvalue weighted by molar-refractivity contribution is 0.0919. The molecule has 1 aliphatic rings. The maximum atomic E-state index is 12.8. The maximum Gasteiger partial charge on any atom is 0.167 e. The summed E-state index contributed by atoms with van der Waals surface area (Å²) in [6.45, 7) is 7.88. The summed E-state index contributed by atoms with van der Waals surface area (Å²) in [6.07, 6.45) is 4.52. The summed E-state index contributed by atoms with van der Waals surface area (Å²) in [6, 6.07) is 9.67. The Morgan fingerprint density at radius 3 is 2.54 bits per heavy atom. The molecule has 0 aliphatic heterocycles. The molecule has 148 valence electrons. The average Bonchev–Trinajstić information content (AvgIpc) is 3.06. The minimum atomic E-state index is -0.0600. The average molecular weight is 380 g/mol. The number of nitrogens with one attached hydrogen (secondary N) is 2. The number of allylic oxidation sites excluding steroid dienone is 3. The number of anilines is 2. The number of aliphatic hydroxyl groups is 1. The second-order valence-corrected chi connectivity index (χ2v) is 6.49. The molecular formula is C22H28N4O2. The maximum absolute atomic E-state index is 12.8. The van der Waals surface area contributed by atoms with Crippen LogP contribution in [0, 0.1) is 5.92 Å². The largest absolute Gasteiger partial charge is 0.396 e. The first-order valence-electron chi connectivity index (χ1n) is 9.13. The molecule has 0 fully saturated rings. The molecule has 0 spiro atoms. The summed E-state index contributed by atoms with van der Waals surface area (Å²) in [5.74, 6) is 0.150. The Labute approximate surface area is 165 Å². The summed E-state index contributed by atoms with van der Waals surface area (Å²) in [5.41, 5.74) is 16.0. The zero-order valence-corrected chi connectivity index (χ0v) is 16.2. The van der Waals surface area contributed by atoms with Crippen LogP contribution in [-0.2, 0) is 6.42 Å². The fourth-order valence-corrected chi connectivity index (χ4v) is 3.35. The van der Waals surface area contributed by atoms with Crippen molar-refractivity contribution in [3.63, 3.8) is 0 Å². The molecule has 0 saturated heterocycles. The van der Waals surface area contributed by atoms with E-state index in [1.54, 1.807) is 6.08 Å². The van der Waals surface area contributed by atoms with Crippen LogP contribution >= 0.6 is 0 Å². The highest BCUT2D eigenvalue weighted by Gasteiger charge is 2.31. The van der Waals surface area contributed by atoms with Gasteiger partial charge in [-0.1, -0.05) is 24.3 Å². The van der Waals surface area contributed by atoms with E-state index < -0.39 is 0 Å². The summed E-state index contributed by atoms with van der Waals surface area (Å²) >= 11 is 0. The van der Waals surface area contributed by atoms with Crippen molar-refractivity contribution >= 4 is 22.7 Å². The molecule has 6 heteroatoms. The smallest absolute Gasteiger partial charge is 0.167 e. The van der Waals surface area contributed by atoms with Gasteiger partial charge < -0.3 is 26.9 Å². The first-order valence-corrected chi connectivity index (χ1v) is 9.13. The zero-order valence-electron chi connectivity index (χ0n) is 16.2. The summed E-state index contributed by atoms with van der Waals surface area (Å²) in [4.78, 5) is 16.1. The van der Waals surface area contributed by atoms with Crippen LogP contribution in [0.25, 0.3) is 5.57 Å². The lowest BCUT2D eigenvalue weighted by Crippen LogP contribution is -2.22. The molecule has 0 radical (unpaired) electrons. The number of H-pyrrole nitrogens is 1. The molecule has 1 atom stereocenters. The van der Waals surface area contributed by atoms with Crippen molar-refractivity contribution in [1.29, 1.82) is 0 Å². The molecular weight excluding hydrogens is 352 g/mol. The van der Waals surface area contributed by atoms with E-state index in [4.69, 9.17) is 11.5 Å². The highest BCUT2D eigenvalue weighted by atomic mass is 16.3.